The summed E-state index contributed by atoms with van der Waals surface area (Å²) in [6.45, 7) is 7.81. The molecule has 1 aliphatic heterocycles. The number of unbranched alkanes of at least 4 members (excludes halogenated alkanes) is 1. The van der Waals surface area contributed by atoms with Crippen molar-refractivity contribution in [2.45, 2.75) is 46.5 Å². The number of thiazole rings is 1. The van der Waals surface area contributed by atoms with Gasteiger partial charge >= 0.3 is 5.97 Å². The fraction of sp³-hybridized carbons (Fsp3) is 0.500. The summed E-state index contributed by atoms with van der Waals surface area (Å²) in [6.07, 6.45) is 3.37. The lowest BCUT2D eigenvalue weighted by Crippen LogP contribution is -2.44. The first-order valence-electron chi connectivity index (χ1n) is 11.4. The second-order valence-electron chi connectivity index (χ2n) is 8.34. The zero-order chi connectivity index (χ0) is 23.8. The number of anilines is 2. The lowest BCUT2D eigenvalue weighted by atomic mass is 9.97. The number of amides is 2. The van der Waals surface area contributed by atoms with Gasteiger partial charge in [-0.25, -0.2) is 9.78 Å². The van der Waals surface area contributed by atoms with Crippen molar-refractivity contribution in [3.05, 3.63) is 40.4 Å². The summed E-state index contributed by atoms with van der Waals surface area (Å²) in [5.74, 6) is -0.849. The molecule has 1 aromatic carbocycles. The van der Waals surface area contributed by atoms with E-state index in [1.807, 2.05) is 25.7 Å². The smallest absolute Gasteiger partial charge is 0.338 e. The molecule has 1 unspecified atom stereocenters. The number of likely N-dealkylation sites (tertiary alicyclic amines) is 1. The van der Waals surface area contributed by atoms with Gasteiger partial charge in [0, 0.05) is 17.1 Å². The molecule has 178 valence electrons. The molecule has 2 heterocycles. The number of carbonyl (C=O) groups is 3. The summed E-state index contributed by atoms with van der Waals surface area (Å²) < 4.78 is 5.25. The topological polar surface area (TPSA) is 101 Å². The normalized spacial score (nSPS) is 16.3. The number of aromatic nitrogens is 1. The van der Waals surface area contributed by atoms with E-state index in [9.17, 15) is 14.4 Å². The average molecular weight is 473 g/mol. The van der Waals surface area contributed by atoms with E-state index < -0.39 is 0 Å². The summed E-state index contributed by atoms with van der Waals surface area (Å²) in [5.41, 5.74) is 1.90. The van der Waals surface area contributed by atoms with Crippen LogP contribution < -0.4 is 10.6 Å². The van der Waals surface area contributed by atoms with Crippen LogP contribution in [0, 0.1) is 19.8 Å². The van der Waals surface area contributed by atoms with Crippen molar-refractivity contribution in [2.24, 2.45) is 5.92 Å². The van der Waals surface area contributed by atoms with E-state index in [1.165, 1.54) is 11.3 Å². The molecular formula is C24H32N4O4S. The van der Waals surface area contributed by atoms with Gasteiger partial charge in [-0.15, -0.1) is 11.3 Å². The van der Waals surface area contributed by atoms with Crippen LogP contribution in [0.2, 0.25) is 0 Å². The highest BCUT2D eigenvalue weighted by Gasteiger charge is 2.27. The van der Waals surface area contributed by atoms with Gasteiger partial charge in [-0.05, 0) is 57.9 Å². The molecule has 1 aliphatic rings. The molecule has 1 aromatic heterocycles. The Labute approximate surface area is 198 Å². The first kappa shape index (κ1) is 24.9. The number of aryl methyl sites for hydroxylation is 2. The number of rotatable bonds is 9. The summed E-state index contributed by atoms with van der Waals surface area (Å²) in [7, 11) is 0. The van der Waals surface area contributed by atoms with Gasteiger partial charge in [0.2, 0.25) is 11.8 Å². The predicted molar refractivity (Wildman–Crippen MR) is 130 cm³/mol. The van der Waals surface area contributed by atoms with Gasteiger partial charge in [0.15, 0.2) is 5.13 Å². The molecule has 3 rings (SSSR count). The van der Waals surface area contributed by atoms with E-state index in [0.717, 1.165) is 42.8 Å². The number of benzene rings is 1. The average Bonchev–Trinajstić information content (AvgIpc) is 3.10. The molecule has 1 saturated heterocycles. The minimum absolute atomic E-state index is 0.109. The van der Waals surface area contributed by atoms with Crippen LogP contribution in [-0.4, -0.2) is 53.9 Å². The third-order valence-electron chi connectivity index (χ3n) is 5.62. The third kappa shape index (κ3) is 7.36. The Balaban J connectivity index is 1.51. The van der Waals surface area contributed by atoms with Gasteiger partial charge in [-0.1, -0.05) is 19.4 Å². The van der Waals surface area contributed by atoms with Crippen LogP contribution in [0.4, 0.5) is 10.8 Å². The monoisotopic (exact) mass is 472 g/mol. The number of hydrogen-bond donors (Lipinski definition) is 2. The lowest BCUT2D eigenvalue weighted by molar-refractivity contribution is -0.123. The minimum atomic E-state index is -0.389. The van der Waals surface area contributed by atoms with Crippen LogP contribution in [-0.2, 0) is 14.3 Å². The van der Waals surface area contributed by atoms with Crippen LogP contribution in [0.15, 0.2) is 24.3 Å². The molecule has 2 aromatic rings. The van der Waals surface area contributed by atoms with E-state index in [1.54, 1.807) is 24.3 Å². The van der Waals surface area contributed by atoms with Crippen LogP contribution in [0.3, 0.4) is 0 Å². The predicted octanol–water partition coefficient (Wildman–Crippen LogP) is 4.01. The fourth-order valence-corrected chi connectivity index (χ4v) is 4.49. The quantitative estimate of drug-likeness (QED) is 0.423. The number of carbonyl (C=O) groups excluding carboxylic acids is 3. The van der Waals surface area contributed by atoms with Gasteiger partial charge in [0.1, 0.15) is 0 Å². The van der Waals surface area contributed by atoms with Crippen LogP contribution in [0.5, 0.6) is 0 Å². The molecule has 2 amide bonds. The molecule has 2 N–H and O–H groups in total. The van der Waals surface area contributed by atoms with Crippen molar-refractivity contribution < 1.29 is 19.1 Å². The number of esters is 1. The highest BCUT2D eigenvalue weighted by Crippen LogP contribution is 2.22. The van der Waals surface area contributed by atoms with E-state index in [2.05, 4.69) is 15.6 Å². The fourth-order valence-electron chi connectivity index (χ4n) is 3.66. The zero-order valence-corrected chi connectivity index (χ0v) is 20.3. The molecule has 33 heavy (non-hydrogen) atoms. The summed E-state index contributed by atoms with van der Waals surface area (Å²) in [6, 6.07) is 6.80. The summed E-state index contributed by atoms with van der Waals surface area (Å²) in [4.78, 5) is 44.9. The molecule has 0 saturated carbocycles. The SMILES string of the molecule is CCCCOC(=O)c1cccc(NC(=O)C2CCCN(CC(=O)Nc3nc(C)c(C)s3)C2)c1. The molecule has 1 fully saturated rings. The first-order chi connectivity index (χ1) is 15.9. The summed E-state index contributed by atoms with van der Waals surface area (Å²) in [5, 5.41) is 6.37. The number of piperidine rings is 1. The van der Waals surface area contributed by atoms with Crippen molar-refractivity contribution in [1.29, 1.82) is 0 Å². The number of nitrogens with one attached hydrogen (secondary N) is 2. The third-order valence-corrected chi connectivity index (χ3v) is 6.60. The first-order valence-corrected chi connectivity index (χ1v) is 12.2. The molecule has 0 spiro atoms. The van der Waals surface area contributed by atoms with E-state index in [-0.39, 0.29) is 30.2 Å². The Hall–Kier alpha value is -2.78. The van der Waals surface area contributed by atoms with Crippen molar-refractivity contribution in [1.82, 2.24) is 9.88 Å². The Bertz CT molecular complexity index is 971. The van der Waals surface area contributed by atoms with Crippen LogP contribution >= 0.6 is 11.3 Å². The largest absolute Gasteiger partial charge is 0.462 e. The minimum Gasteiger partial charge on any atom is -0.462 e. The zero-order valence-electron chi connectivity index (χ0n) is 19.5. The van der Waals surface area contributed by atoms with Crippen LogP contribution in [0.25, 0.3) is 0 Å². The van der Waals surface area contributed by atoms with Crippen molar-refractivity contribution in [3.63, 3.8) is 0 Å². The molecule has 1 atom stereocenters. The maximum atomic E-state index is 12.9. The molecule has 9 heteroatoms. The van der Waals surface area contributed by atoms with Gasteiger partial charge in [-0.2, -0.15) is 0 Å². The number of ether oxygens (including phenoxy) is 1. The Morgan fingerprint density at radius 1 is 1.24 bits per heavy atom. The molecule has 8 nitrogen and oxygen atoms in total. The standard InChI is InChI=1S/C24H32N4O4S/c1-4-5-12-32-23(31)18-8-6-10-20(13-18)26-22(30)19-9-7-11-28(14-19)15-21(29)27-24-25-16(2)17(3)33-24/h6,8,10,13,19H,4-5,7,9,11-12,14-15H2,1-3H3,(H,26,30)(H,25,27,29). The second kappa shape index (κ2) is 11.9. The van der Waals surface area contributed by atoms with E-state index >= 15 is 0 Å². The van der Waals surface area contributed by atoms with Crippen molar-refractivity contribution >= 4 is 39.9 Å². The highest BCUT2D eigenvalue weighted by molar-refractivity contribution is 7.15. The number of nitrogens with zero attached hydrogens (tertiary/aromatic N) is 2. The number of hydrogen-bond acceptors (Lipinski definition) is 7. The Morgan fingerprint density at radius 3 is 2.79 bits per heavy atom. The second-order valence-corrected chi connectivity index (χ2v) is 9.55. The Morgan fingerprint density at radius 2 is 2.06 bits per heavy atom. The molecule has 0 aliphatic carbocycles. The maximum absolute atomic E-state index is 12.9. The van der Waals surface area contributed by atoms with Gasteiger partial charge in [-0.3, -0.25) is 14.5 Å². The van der Waals surface area contributed by atoms with Crippen molar-refractivity contribution in [3.8, 4) is 0 Å². The molecule has 0 radical (unpaired) electrons. The van der Waals surface area contributed by atoms with Gasteiger partial charge < -0.3 is 15.4 Å². The van der Waals surface area contributed by atoms with E-state index in [0.29, 0.717) is 29.5 Å². The van der Waals surface area contributed by atoms with Crippen molar-refractivity contribution in [2.75, 3.05) is 36.9 Å². The molecule has 0 bridgehead atoms. The summed E-state index contributed by atoms with van der Waals surface area (Å²) >= 11 is 1.46. The highest BCUT2D eigenvalue weighted by atomic mass is 32.1. The maximum Gasteiger partial charge on any atom is 0.338 e. The molecular weight excluding hydrogens is 440 g/mol. The van der Waals surface area contributed by atoms with Crippen LogP contribution in [0.1, 0.15) is 53.5 Å². The van der Waals surface area contributed by atoms with Gasteiger partial charge in [0.05, 0.1) is 30.3 Å². The Kier molecular flexibility index (Phi) is 8.96. The van der Waals surface area contributed by atoms with E-state index in [4.69, 9.17) is 4.74 Å². The lowest BCUT2D eigenvalue weighted by Gasteiger charge is -2.31. The van der Waals surface area contributed by atoms with Gasteiger partial charge in [0.25, 0.3) is 0 Å².